The normalized spacial score (nSPS) is 21.1. The van der Waals surface area contributed by atoms with Crippen LogP contribution in [0.15, 0.2) is 18.2 Å². The van der Waals surface area contributed by atoms with Gasteiger partial charge in [0, 0.05) is 16.4 Å². The van der Waals surface area contributed by atoms with Crippen LogP contribution in [0, 0.1) is 5.82 Å². The monoisotopic (exact) mass is 353 g/mol. The van der Waals surface area contributed by atoms with Crippen molar-refractivity contribution < 1.29 is 13.7 Å². The predicted octanol–water partition coefficient (Wildman–Crippen LogP) is 4.22. The second-order valence-electron chi connectivity index (χ2n) is 8.42. The minimum Gasteiger partial charge on any atom is -0.399 e. The van der Waals surface area contributed by atoms with Gasteiger partial charge in [0.1, 0.15) is 5.82 Å². The molecule has 0 saturated carbocycles. The molecule has 2 rings (SSSR count). The Morgan fingerprint density at radius 3 is 2.17 bits per heavy atom. The molecule has 1 aromatic carbocycles. The fourth-order valence-electron chi connectivity index (χ4n) is 2.35. The molecule has 1 aliphatic rings. The van der Waals surface area contributed by atoms with Crippen molar-refractivity contribution in [2.24, 2.45) is 0 Å². The lowest BCUT2D eigenvalue weighted by atomic mass is 9.78. The molecule has 134 valence electrons. The first-order valence-electron chi connectivity index (χ1n) is 8.41. The highest BCUT2D eigenvalue weighted by Crippen LogP contribution is 2.36. The summed E-state index contributed by atoms with van der Waals surface area (Å²) >= 11 is 1.60. The van der Waals surface area contributed by atoms with Gasteiger partial charge in [0.15, 0.2) is 0 Å². The number of hydrogen-bond acceptors (Lipinski definition) is 4. The third-order valence-corrected chi connectivity index (χ3v) is 5.64. The highest BCUT2D eigenvalue weighted by Gasteiger charge is 2.51. The van der Waals surface area contributed by atoms with E-state index in [0.29, 0.717) is 5.56 Å². The molecule has 1 aromatic rings. The number of benzene rings is 1. The molecule has 6 heteroatoms. The molecule has 1 fully saturated rings. The van der Waals surface area contributed by atoms with E-state index in [0.717, 1.165) is 5.46 Å². The van der Waals surface area contributed by atoms with Crippen molar-refractivity contribution in [3.63, 3.8) is 0 Å². The number of rotatable bonds is 4. The van der Waals surface area contributed by atoms with E-state index in [2.05, 4.69) is 25.5 Å². The molecule has 0 spiro atoms. The minimum absolute atomic E-state index is 0.0636. The van der Waals surface area contributed by atoms with Crippen molar-refractivity contribution >= 4 is 24.5 Å². The fraction of sp³-hybridized carbons (Fsp3) is 0.667. The van der Waals surface area contributed by atoms with Crippen molar-refractivity contribution in [3.05, 3.63) is 29.6 Å². The Morgan fingerprint density at radius 1 is 1.12 bits per heavy atom. The molecule has 1 saturated heterocycles. The van der Waals surface area contributed by atoms with Gasteiger partial charge in [-0.05, 0) is 66.9 Å². The standard InChI is InChI=1S/C18H29BFNO2S/c1-12(21-24-16(2,3)4)14-11-13(9-10-15(14)20)19-22-17(5,6)18(7,8)23-19/h9-12,21H,1-8H3. The molecule has 1 aliphatic heterocycles. The zero-order valence-corrected chi connectivity index (χ0v) is 16.8. The lowest BCUT2D eigenvalue weighted by molar-refractivity contribution is 0.00578. The number of nitrogens with one attached hydrogen (secondary N) is 1. The third-order valence-electron chi connectivity index (χ3n) is 4.55. The van der Waals surface area contributed by atoms with Gasteiger partial charge >= 0.3 is 7.12 Å². The summed E-state index contributed by atoms with van der Waals surface area (Å²) in [4.78, 5) is 0. The highest BCUT2D eigenvalue weighted by atomic mass is 32.2. The maximum atomic E-state index is 14.3. The van der Waals surface area contributed by atoms with Crippen LogP contribution in [0.4, 0.5) is 4.39 Å². The topological polar surface area (TPSA) is 30.5 Å². The number of halogens is 1. The van der Waals surface area contributed by atoms with Crippen molar-refractivity contribution in [1.29, 1.82) is 0 Å². The Labute approximate surface area is 150 Å². The van der Waals surface area contributed by atoms with Gasteiger partial charge in [0.05, 0.1) is 11.2 Å². The molecule has 0 bridgehead atoms. The van der Waals surface area contributed by atoms with E-state index >= 15 is 0 Å². The molecule has 1 heterocycles. The van der Waals surface area contributed by atoms with Gasteiger partial charge in [-0.1, -0.05) is 24.1 Å². The summed E-state index contributed by atoms with van der Waals surface area (Å²) in [5.41, 5.74) is 0.662. The molecule has 24 heavy (non-hydrogen) atoms. The van der Waals surface area contributed by atoms with E-state index in [1.54, 1.807) is 18.0 Å². The first kappa shape index (κ1) is 19.8. The van der Waals surface area contributed by atoms with Crippen LogP contribution in [0.3, 0.4) is 0 Å². The average Bonchev–Trinajstić information content (AvgIpc) is 2.64. The van der Waals surface area contributed by atoms with E-state index in [1.807, 2.05) is 40.7 Å². The Hall–Kier alpha value is -0.555. The van der Waals surface area contributed by atoms with Gasteiger partial charge < -0.3 is 9.31 Å². The third kappa shape index (κ3) is 4.34. The summed E-state index contributed by atoms with van der Waals surface area (Å²) in [5.74, 6) is -0.218. The predicted molar refractivity (Wildman–Crippen MR) is 101 cm³/mol. The van der Waals surface area contributed by atoms with Gasteiger partial charge in [0.2, 0.25) is 0 Å². The summed E-state index contributed by atoms with van der Waals surface area (Å²) < 4.78 is 29.8. The van der Waals surface area contributed by atoms with Gasteiger partial charge in [-0.25, -0.2) is 4.39 Å². The first-order chi connectivity index (χ1) is 10.8. The zero-order chi connectivity index (χ0) is 18.3. The van der Waals surface area contributed by atoms with Crippen LogP contribution in [0.5, 0.6) is 0 Å². The zero-order valence-electron chi connectivity index (χ0n) is 16.0. The number of hydrogen-bond donors (Lipinski definition) is 1. The summed E-state index contributed by atoms with van der Waals surface area (Å²) in [5, 5.41) is 0. The van der Waals surface area contributed by atoms with Gasteiger partial charge in [0.25, 0.3) is 0 Å². The van der Waals surface area contributed by atoms with Crippen LogP contribution < -0.4 is 10.2 Å². The molecular weight excluding hydrogens is 324 g/mol. The van der Waals surface area contributed by atoms with Crippen molar-refractivity contribution in [2.45, 2.75) is 77.4 Å². The largest absolute Gasteiger partial charge is 0.494 e. The first-order valence-corrected chi connectivity index (χ1v) is 9.22. The van der Waals surface area contributed by atoms with Crippen LogP contribution in [0.1, 0.15) is 67.0 Å². The van der Waals surface area contributed by atoms with Gasteiger partial charge in [-0.15, -0.1) is 0 Å². The van der Waals surface area contributed by atoms with E-state index in [4.69, 9.17) is 9.31 Å². The minimum atomic E-state index is -0.475. The average molecular weight is 353 g/mol. The second kappa shape index (κ2) is 6.63. The Morgan fingerprint density at radius 2 is 1.67 bits per heavy atom. The fourth-order valence-corrected chi connectivity index (χ4v) is 3.01. The van der Waals surface area contributed by atoms with Crippen LogP contribution in [0.2, 0.25) is 0 Å². The molecule has 1 unspecified atom stereocenters. The lowest BCUT2D eigenvalue weighted by Crippen LogP contribution is -2.41. The van der Waals surface area contributed by atoms with Crippen LogP contribution in [-0.4, -0.2) is 23.1 Å². The van der Waals surface area contributed by atoms with Crippen LogP contribution >= 0.6 is 11.9 Å². The second-order valence-corrected chi connectivity index (χ2v) is 10.1. The SMILES string of the molecule is CC(NSC(C)(C)C)c1cc(B2OC(C)(C)C(C)(C)O2)ccc1F. The van der Waals surface area contributed by atoms with E-state index in [1.165, 1.54) is 6.07 Å². The maximum Gasteiger partial charge on any atom is 0.494 e. The van der Waals surface area contributed by atoms with Gasteiger partial charge in [-0.3, -0.25) is 4.72 Å². The van der Waals surface area contributed by atoms with Crippen LogP contribution in [0.25, 0.3) is 0 Å². The van der Waals surface area contributed by atoms with Crippen molar-refractivity contribution in [2.75, 3.05) is 0 Å². The van der Waals surface area contributed by atoms with E-state index in [-0.39, 0.29) is 16.6 Å². The summed E-state index contributed by atoms with van der Waals surface area (Å²) in [7, 11) is -0.475. The maximum absolute atomic E-state index is 14.3. The molecular formula is C18H29BFNO2S. The molecule has 0 aliphatic carbocycles. The molecule has 1 N–H and O–H groups in total. The molecule has 0 amide bonds. The highest BCUT2D eigenvalue weighted by molar-refractivity contribution is 7.98. The van der Waals surface area contributed by atoms with Crippen molar-refractivity contribution in [3.8, 4) is 0 Å². The van der Waals surface area contributed by atoms with E-state index < -0.39 is 18.3 Å². The van der Waals surface area contributed by atoms with E-state index in [9.17, 15) is 4.39 Å². The Kier molecular flexibility index (Phi) is 5.46. The smallest absolute Gasteiger partial charge is 0.399 e. The molecule has 3 nitrogen and oxygen atoms in total. The summed E-state index contributed by atoms with van der Waals surface area (Å²) in [6, 6.07) is 4.97. The molecule has 1 atom stereocenters. The Balaban J connectivity index is 2.20. The molecule has 0 radical (unpaired) electrons. The quantitative estimate of drug-likeness (QED) is 0.649. The van der Waals surface area contributed by atoms with Crippen molar-refractivity contribution in [1.82, 2.24) is 4.72 Å². The molecule has 0 aromatic heterocycles. The lowest BCUT2D eigenvalue weighted by Gasteiger charge is -2.32. The Bertz CT molecular complexity index is 585. The summed E-state index contributed by atoms with van der Waals surface area (Å²) in [6.45, 7) is 16.4. The van der Waals surface area contributed by atoms with Crippen LogP contribution in [-0.2, 0) is 9.31 Å². The van der Waals surface area contributed by atoms with Gasteiger partial charge in [-0.2, -0.15) is 0 Å². The summed E-state index contributed by atoms with van der Waals surface area (Å²) in [6.07, 6.45) is 0.